The molecule has 1 aromatic heterocycles. The van der Waals surface area contributed by atoms with Crippen LogP contribution in [0.5, 0.6) is 11.5 Å². The van der Waals surface area contributed by atoms with E-state index in [0.29, 0.717) is 28.4 Å². The third-order valence-electron chi connectivity index (χ3n) is 4.51. The van der Waals surface area contributed by atoms with E-state index in [1.807, 2.05) is 31.2 Å². The van der Waals surface area contributed by atoms with Gasteiger partial charge in [-0.15, -0.1) is 0 Å². The lowest BCUT2D eigenvalue weighted by atomic mass is 10.0. The van der Waals surface area contributed by atoms with Gasteiger partial charge in [-0.3, -0.25) is 9.78 Å². The lowest BCUT2D eigenvalue weighted by Crippen LogP contribution is -2.22. The van der Waals surface area contributed by atoms with Crippen LogP contribution in [0.1, 0.15) is 21.6 Å². The summed E-state index contributed by atoms with van der Waals surface area (Å²) < 4.78 is 15.6. The number of esters is 1. The molecule has 7 heteroatoms. The van der Waals surface area contributed by atoms with Crippen molar-refractivity contribution in [1.82, 2.24) is 4.98 Å². The third-order valence-corrected chi connectivity index (χ3v) is 4.51. The van der Waals surface area contributed by atoms with Gasteiger partial charge in [0.05, 0.1) is 31.0 Å². The number of anilines is 1. The van der Waals surface area contributed by atoms with Crippen molar-refractivity contribution >= 4 is 28.5 Å². The number of hydrogen-bond donors (Lipinski definition) is 1. The van der Waals surface area contributed by atoms with Crippen LogP contribution in [-0.2, 0) is 9.53 Å². The molecule has 0 aliphatic carbocycles. The number of aryl methyl sites for hydroxylation is 2. The second-order valence-electron chi connectivity index (χ2n) is 6.44. The molecule has 0 saturated carbocycles. The monoisotopic (exact) mass is 394 g/mol. The lowest BCUT2D eigenvalue weighted by Gasteiger charge is -2.13. The summed E-state index contributed by atoms with van der Waals surface area (Å²) in [6.45, 7) is 3.17. The molecule has 0 aliphatic heterocycles. The fourth-order valence-corrected chi connectivity index (χ4v) is 3.11. The van der Waals surface area contributed by atoms with E-state index in [1.165, 1.54) is 14.2 Å². The van der Waals surface area contributed by atoms with Crippen molar-refractivity contribution in [1.29, 1.82) is 0 Å². The second-order valence-corrected chi connectivity index (χ2v) is 6.44. The standard InChI is InChI=1S/C22H22N2O5/c1-13-18-7-5-6-8-19(18)23-14(2)21(13)22(26)29-12-20(25)24-15-9-16(27-3)11-17(10-15)28-4/h5-11H,12H2,1-4H3,(H,24,25). The van der Waals surface area contributed by atoms with E-state index in [-0.39, 0.29) is 0 Å². The van der Waals surface area contributed by atoms with Crippen molar-refractivity contribution in [3.63, 3.8) is 0 Å². The Labute approximate surface area is 168 Å². The van der Waals surface area contributed by atoms with Gasteiger partial charge >= 0.3 is 5.97 Å². The number of amides is 1. The number of methoxy groups -OCH3 is 2. The van der Waals surface area contributed by atoms with Crippen LogP contribution in [0.25, 0.3) is 10.9 Å². The number of para-hydroxylation sites is 1. The Morgan fingerprint density at radius 2 is 1.66 bits per heavy atom. The molecule has 0 spiro atoms. The van der Waals surface area contributed by atoms with Crippen molar-refractivity contribution < 1.29 is 23.8 Å². The smallest absolute Gasteiger partial charge is 0.340 e. The van der Waals surface area contributed by atoms with Gasteiger partial charge in [0.25, 0.3) is 5.91 Å². The van der Waals surface area contributed by atoms with Gasteiger partial charge in [0.1, 0.15) is 11.5 Å². The Morgan fingerprint density at radius 3 is 2.31 bits per heavy atom. The maximum absolute atomic E-state index is 12.6. The first-order valence-corrected chi connectivity index (χ1v) is 8.99. The summed E-state index contributed by atoms with van der Waals surface area (Å²) >= 11 is 0. The van der Waals surface area contributed by atoms with E-state index in [4.69, 9.17) is 14.2 Å². The maximum atomic E-state index is 12.6. The van der Waals surface area contributed by atoms with Crippen LogP contribution in [0.3, 0.4) is 0 Å². The number of nitrogens with zero attached hydrogens (tertiary/aromatic N) is 1. The van der Waals surface area contributed by atoms with Crippen LogP contribution < -0.4 is 14.8 Å². The number of ether oxygens (including phenoxy) is 3. The minimum Gasteiger partial charge on any atom is -0.497 e. The van der Waals surface area contributed by atoms with Gasteiger partial charge in [-0.05, 0) is 25.5 Å². The molecule has 150 valence electrons. The van der Waals surface area contributed by atoms with E-state index in [0.717, 1.165) is 16.5 Å². The number of benzene rings is 2. The highest BCUT2D eigenvalue weighted by atomic mass is 16.5. The highest BCUT2D eigenvalue weighted by Crippen LogP contribution is 2.26. The maximum Gasteiger partial charge on any atom is 0.340 e. The van der Waals surface area contributed by atoms with Gasteiger partial charge in [-0.25, -0.2) is 4.79 Å². The summed E-state index contributed by atoms with van der Waals surface area (Å²) in [5, 5.41) is 3.54. The Kier molecular flexibility index (Phi) is 5.97. The molecule has 3 aromatic rings. The second kappa shape index (κ2) is 8.60. The number of aromatic nitrogens is 1. The highest BCUT2D eigenvalue weighted by molar-refractivity contribution is 6.00. The molecule has 3 rings (SSSR count). The molecule has 0 fully saturated rings. The molecule has 2 aromatic carbocycles. The van der Waals surface area contributed by atoms with Gasteiger partial charge < -0.3 is 19.5 Å². The van der Waals surface area contributed by atoms with Gasteiger partial charge in [-0.1, -0.05) is 18.2 Å². The largest absolute Gasteiger partial charge is 0.497 e. The lowest BCUT2D eigenvalue weighted by molar-refractivity contribution is -0.119. The zero-order valence-electron chi connectivity index (χ0n) is 16.7. The molecule has 7 nitrogen and oxygen atoms in total. The van der Waals surface area contributed by atoms with Crippen molar-refractivity contribution in [2.75, 3.05) is 26.1 Å². The number of pyridine rings is 1. The fraction of sp³-hybridized carbons (Fsp3) is 0.227. The van der Waals surface area contributed by atoms with Gasteiger partial charge in [0.15, 0.2) is 6.61 Å². The van der Waals surface area contributed by atoms with Crippen LogP contribution in [0.15, 0.2) is 42.5 Å². The first-order valence-electron chi connectivity index (χ1n) is 8.99. The van der Waals surface area contributed by atoms with Gasteiger partial charge in [0.2, 0.25) is 0 Å². The number of nitrogens with one attached hydrogen (secondary N) is 1. The number of carbonyl (C=O) groups excluding carboxylic acids is 2. The third kappa shape index (κ3) is 4.45. The summed E-state index contributed by atoms with van der Waals surface area (Å²) in [5.41, 5.74) is 2.99. The molecule has 0 radical (unpaired) electrons. The first kappa shape index (κ1) is 20.1. The number of fused-ring (bicyclic) bond motifs is 1. The summed E-state index contributed by atoms with van der Waals surface area (Å²) in [7, 11) is 3.04. The number of rotatable bonds is 6. The van der Waals surface area contributed by atoms with E-state index in [1.54, 1.807) is 25.1 Å². The Bertz CT molecular complexity index is 1060. The van der Waals surface area contributed by atoms with E-state index in [2.05, 4.69) is 10.3 Å². The van der Waals surface area contributed by atoms with Crippen LogP contribution in [-0.4, -0.2) is 37.7 Å². The average Bonchev–Trinajstić information content (AvgIpc) is 2.71. The quantitative estimate of drug-likeness (QED) is 0.642. The van der Waals surface area contributed by atoms with Crippen molar-refractivity contribution in [2.45, 2.75) is 13.8 Å². The zero-order valence-corrected chi connectivity index (χ0v) is 16.7. The predicted octanol–water partition coefficient (Wildman–Crippen LogP) is 3.66. The van der Waals surface area contributed by atoms with E-state index in [9.17, 15) is 9.59 Å². The van der Waals surface area contributed by atoms with Crippen molar-refractivity contribution in [2.24, 2.45) is 0 Å². The normalized spacial score (nSPS) is 10.5. The molecule has 0 saturated heterocycles. The molecular formula is C22H22N2O5. The van der Waals surface area contributed by atoms with Crippen LogP contribution in [0, 0.1) is 13.8 Å². The molecule has 0 bridgehead atoms. The average molecular weight is 394 g/mol. The van der Waals surface area contributed by atoms with Crippen molar-refractivity contribution in [3.05, 3.63) is 59.3 Å². The fourth-order valence-electron chi connectivity index (χ4n) is 3.11. The molecule has 0 atom stereocenters. The molecule has 1 amide bonds. The summed E-state index contributed by atoms with van der Waals surface area (Å²) in [5.74, 6) is 0.00426. The van der Waals surface area contributed by atoms with Gasteiger partial charge in [-0.2, -0.15) is 0 Å². The molecule has 0 unspecified atom stereocenters. The number of hydrogen-bond acceptors (Lipinski definition) is 6. The Hall–Kier alpha value is -3.61. The predicted molar refractivity (Wildman–Crippen MR) is 110 cm³/mol. The van der Waals surface area contributed by atoms with Crippen LogP contribution in [0.2, 0.25) is 0 Å². The molecular weight excluding hydrogens is 372 g/mol. The molecule has 0 aliphatic rings. The Morgan fingerprint density at radius 1 is 1.00 bits per heavy atom. The zero-order chi connectivity index (χ0) is 21.0. The number of carbonyl (C=O) groups is 2. The summed E-state index contributed by atoms with van der Waals surface area (Å²) in [6, 6.07) is 12.5. The van der Waals surface area contributed by atoms with Crippen LogP contribution >= 0.6 is 0 Å². The minimum atomic E-state index is -0.586. The Balaban J connectivity index is 1.71. The highest BCUT2D eigenvalue weighted by Gasteiger charge is 2.19. The summed E-state index contributed by atoms with van der Waals surface area (Å²) in [4.78, 5) is 29.3. The van der Waals surface area contributed by atoms with E-state index < -0.39 is 18.5 Å². The van der Waals surface area contributed by atoms with Crippen LogP contribution in [0.4, 0.5) is 5.69 Å². The topological polar surface area (TPSA) is 86.8 Å². The summed E-state index contributed by atoms with van der Waals surface area (Å²) in [6.07, 6.45) is 0. The van der Waals surface area contributed by atoms with E-state index >= 15 is 0 Å². The molecule has 1 N–H and O–H groups in total. The minimum absolute atomic E-state index is 0.375. The van der Waals surface area contributed by atoms with Crippen molar-refractivity contribution in [3.8, 4) is 11.5 Å². The first-order chi connectivity index (χ1) is 13.9. The molecule has 1 heterocycles. The van der Waals surface area contributed by atoms with Gasteiger partial charge in [0, 0.05) is 29.3 Å². The SMILES string of the molecule is COc1cc(NC(=O)COC(=O)c2c(C)nc3ccccc3c2C)cc(OC)c1. The molecule has 29 heavy (non-hydrogen) atoms.